The Morgan fingerprint density at radius 3 is 3.10 bits per heavy atom. The lowest BCUT2D eigenvalue weighted by molar-refractivity contribution is 0.0562. The number of carbonyl (C=O) groups is 1. The van der Waals surface area contributed by atoms with Crippen LogP contribution < -0.4 is 5.73 Å². The summed E-state index contributed by atoms with van der Waals surface area (Å²) in [4.78, 5) is 14.5. The van der Waals surface area contributed by atoms with Gasteiger partial charge < -0.3 is 15.4 Å². The molecule has 4 nitrogen and oxygen atoms in total. The molecule has 0 bridgehead atoms. The number of benzene rings is 1. The first-order valence-electron chi connectivity index (χ1n) is 7.32. The van der Waals surface area contributed by atoms with E-state index in [1.54, 1.807) is 0 Å². The zero-order valence-corrected chi connectivity index (χ0v) is 12.7. The second-order valence-electron chi connectivity index (χ2n) is 5.32. The fraction of sp³-hybridized carbons (Fsp3) is 0.471. The topological polar surface area (TPSA) is 55.6 Å². The standard InChI is InChI=1S/C17H22N2O2/c1-13-6-7-16(11-15(13)5-3-8-18)17(20)19-9-4-10-21-14(2)12-19/h6-7,11,14H,4,8-10,12,18H2,1-2H3. The Hall–Kier alpha value is -1.83. The molecule has 1 aliphatic heterocycles. The number of nitrogens with two attached hydrogens (primary N) is 1. The van der Waals surface area contributed by atoms with Crippen molar-refractivity contribution >= 4 is 5.91 Å². The second-order valence-corrected chi connectivity index (χ2v) is 5.32. The van der Waals surface area contributed by atoms with Crippen LogP contribution in [0.25, 0.3) is 0 Å². The predicted octanol–water partition coefficient (Wildman–Crippen LogP) is 1.56. The third kappa shape index (κ3) is 4.07. The molecule has 1 fully saturated rings. The van der Waals surface area contributed by atoms with E-state index in [-0.39, 0.29) is 12.0 Å². The van der Waals surface area contributed by atoms with Gasteiger partial charge in [0.25, 0.3) is 5.91 Å². The average Bonchev–Trinajstić information content (AvgIpc) is 2.70. The van der Waals surface area contributed by atoms with E-state index in [1.165, 1.54) is 0 Å². The summed E-state index contributed by atoms with van der Waals surface area (Å²) in [5.74, 6) is 5.91. The Morgan fingerprint density at radius 1 is 1.52 bits per heavy atom. The zero-order chi connectivity index (χ0) is 15.2. The molecular formula is C17H22N2O2. The lowest BCUT2D eigenvalue weighted by Crippen LogP contribution is -2.35. The van der Waals surface area contributed by atoms with Gasteiger partial charge in [-0.1, -0.05) is 17.9 Å². The van der Waals surface area contributed by atoms with Crippen molar-refractivity contribution in [2.45, 2.75) is 26.4 Å². The van der Waals surface area contributed by atoms with Crippen LogP contribution in [-0.2, 0) is 4.74 Å². The molecule has 1 heterocycles. The van der Waals surface area contributed by atoms with Crippen LogP contribution in [0, 0.1) is 18.8 Å². The molecule has 112 valence electrons. The van der Waals surface area contributed by atoms with Crippen LogP contribution in [-0.4, -0.2) is 43.2 Å². The van der Waals surface area contributed by atoms with Crippen molar-refractivity contribution in [1.82, 2.24) is 4.90 Å². The summed E-state index contributed by atoms with van der Waals surface area (Å²) in [7, 11) is 0. The minimum atomic E-state index is 0.0446. The van der Waals surface area contributed by atoms with Crippen molar-refractivity contribution in [3.63, 3.8) is 0 Å². The summed E-state index contributed by atoms with van der Waals surface area (Å²) >= 11 is 0. The predicted molar refractivity (Wildman–Crippen MR) is 83.0 cm³/mol. The first-order valence-corrected chi connectivity index (χ1v) is 7.32. The molecule has 0 spiro atoms. The van der Waals surface area contributed by atoms with Crippen LogP contribution in [0.15, 0.2) is 18.2 Å². The van der Waals surface area contributed by atoms with Gasteiger partial charge in [0.2, 0.25) is 0 Å². The third-order valence-electron chi connectivity index (χ3n) is 3.55. The molecule has 0 aliphatic carbocycles. The minimum Gasteiger partial charge on any atom is -0.377 e. The molecule has 0 saturated carbocycles. The van der Waals surface area contributed by atoms with E-state index < -0.39 is 0 Å². The lowest BCUT2D eigenvalue weighted by atomic mass is 10.0. The lowest BCUT2D eigenvalue weighted by Gasteiger charge is -2.22. The smallest absolute Gasteiger partial charge is 0.253 e. The Labute approximate surface area is 126 Å². The van der Waals surface area contributed by atoms with E-state index in [0.717, 1.165) is 24.1 Å². The number of hydrogen-bond acceptors (Lipinski definition) is 3. The van der Waals surface area contributed by atoms with Gasteiger partial charge in [-0.05, 0) is 38.0 Å². The van der Waals surface area contributed by atoms with E-state index >= 15 is 0 Å². The monoisotopic (exact) mass is 286 g/mol. The molecule has 2 N–H and O–H groups in total. The summed E-state index contributed by atoms with van der Waals surface area (Å²) in [6.45, 7) is 6.39. The molecule has 1 amide bonds. The van der Waals surface area contributed by atoms with Crippen LogP contribution in [0.2, 0.25) is 0 Å². The second kappa shape index (κ2) is 7.26. The summed E-state index contributed by atoms with van der Waals surface area (Å²) in [5, 5.41) is 0. The first kappa shape index (κ1) is 15.6. The summed E-state index contributed by atoms with van der Waals surface area (Å²) in [6.07, 6.45) is 0.959. The van der Waals surface area contributed by atoms with Gasteiger partial charge in [-0.25, -0.2) is 0 Å². The van der Waals surface area contributed by atoms with Crippen LogP contribution >= 0.6 is 0 Å². The third-order valence-corrected chi connectivity index (χ3v) is 3.55. The fourth-order valence-corrected chi connectivity index (χ4v) is 2.40. The summed E-state index contributed by atoms with van der Waals surface area (Å²) < 4.78 is 5.58. The number of aryl methyl sites for hydroxylation is 1. The highest BCUT2D eigenvalue weighted by Crippen LogP contribution is 2.15. The SMILES string of the molecule is Cc1ccc(C(=O)N2CCCOC(C)C2)cc1C#CCN. The fourth-order valence-electron chi connectivity index (χ4n) is 2.40. The van der Waals surface area contributed by atoms with Gasteiger partial charge in [-0.15, -0.1) is 0 Å². The quantitative estimate of drug-likeness (QED) is 0.797. The maximum absolute atomic E-state index is 12.6. The van der Waals surface area contributed by atoms with Crippen molar-refractivity contribution in [3.05, 3.63) is 34.9 Å². The molecule has 1 aromatic rings. The van der Waals surface area contributed by atoms with Crippen LogP contribution in [0.4, 0.5) is 0 Å². The van der Waals surface area contributed by atoms with Gasteiger partial charge in [0.1, 0.15) is 0 Å². The molecule has 1 unspecified atom stereocenters. The van der Waals surface area contributed by atoms with Gasteiger partial charge in [-0.2, -0.15) is 0 Å². The molecule has 1 aliphatic rings. The average molecular weight is 286 g/mol. The van der Waals surface area contributed by atoms with Crippen molar-refractivity contribution in [1.29, 1.82) is 0 Å². The van der Waals surface area contributed by atoms with Crippen molar-refractivity contribution in [2.24, 2.45) is 5.73 Å². The van der Waals surface area contributed by atoms with E-state index in [2.05, 4.69) is 11.8 Å². The maximum Gasteiger partial charge on any atom is 0.253 e. The molecule has 21 heavy (non-hydrogen) atoms. The van der Waals surface area contributed by atoms with Gasteiger partial charge in [0.05, 0.1) is 12.6 Å². The molecule has 0 aromatic heterocycles. The van der Waals surface area contributed by atoms with Crippen molar-refractivity contribution < 1.29 is 9.53 Å². The zero-order valence-electron chi connectivity index (χ0n) is 12.7. The normalized spacial score (nSPS) is 18.6. The molecule has 2 rings (SSSR count). The van der Waals surface area contributed by atoms with Gasteiger partial charge in [0, 0.05) is 30.8 Å². The molecular weight excluding hydrogens is 264 g/mol. The van der Waals surface area contributed by atoms with E-state index in [4.69, 9.17) is 10.5 Å². The minimum absolute atomic E-state index is 0.0446. The Kier molecular flexibility index (Phi) is 5.38. The number of carbonyl (C=O) groups excluding carboxylic acids is 1. The van der Waals surface area contributed by atoms with Crippen LogP contribution in [0.3, 0.4) is 0 Å². The van der Waals surface area contributed by atoms with Crippen molar-refractivity contribution in [3.8, 4) is 11.8 Å². The number of nitrogens with zero attached hydrogens (tertiary/aromatic N) is 1. The number of ether oxygens (including phenoxy) is 1. The Balaban J connectivity index is 2.22. The van der Waals surface area contributed by atoms with Gasteiger partial charge in [-0.3, -0.25) is 4.79 Å². The number of rotatable bonds is 1. The Morgan fingerprint density at radius 2 is 2.33 bits per heavy atom. The number of hydrogen-bond donors (Lipinski definition) is 1. The Bertz CT molecular complexity index is 572. The van der Waals surface area contributed by atoms with E-state index in [9.17, 15) is 4.79 Å². The maximum atomic E-state index is 12.6. The highest BCUT2D eigenvalue weighted by molar-refractivity contribution is 5.94. The molecule has 0 radical (unpaired) electrons. The number of amides is 1. The van der Waals surface area contributed by atoms with Gasteiger partial charge in [0.15, 0.2) is 0 Å². The molecule has 4 heteroatoms. The first-order chi connectivity index (χ1) is 10.1. The molecule has 1 aromatic carbocycles. The highest BCUT2D eigenvalue weighted by Gasteiger charge is 2.21. The largest absolute Gasteiger partial charge is 0.377 e. The van der Waals surface area contributed by atoms with Crippen molar-refractivity contribution in [2.75, 3.05) is 26.2 Å². The van der Waals surface area contributed by atoms with E-state index in [1.807, 2.05) is 36.9 Å². The van der Waals surface area contributed by atoms with Crippen LogP contribution in [0.5, 0.6) is 0 Å². The summed E-state index contributed by atoms with van der Waals surface area (Å²) in [6, 6.07) is 5.66. The molecule has 1 saturated heterocycles. The van der Waals surface area contributed by atoms with E-state index in [0.29, 0.717) is 25.3 Å². The summed E-state index contributed by atoms with van der Waals surface area (Å²) in [5.41, 5.74) is 8.01. The van der Waals surface area contributed by atoms with Gasteiger partial charge >= 0.3 is 0 Å². The highest BCUT2D eigenvalue weighted by atomic mass is 16.5. The molecule has 1 atom stereocenters. The van der Waals surface area contributed by atoms with Crippen LogP contribution in [0.1, 0.15) is 34.8 Å².